The summed E-state index contributed by atoms with van der Waals surface area (Å²) in [4.78, 5) is 16.8. The summed E-state index contributed by atoms with van der Waals surface area (Å²) in [5, 5.41) is 2.66. The van der Waals surface area contributed by atoms with Gasteiger partial charge in [-0.05, 0) is 55.0 Å². The van der Waals surface area contributed by atoms with E-state index in [0.29, 0.717) is 24.5 Å². The van der Waals surface area contributed by atoms with E-state index in [0.717, 1.165) is 13.0 Å². The van der Waals surface area contributed by atoms with E-state index in [4.69, 9.17) is 0 Å². The van der Waals surface area contributed by atoms with Crippen molar-refractivity contribution in [2.24, 2.45) is 0 Å². The summed E-state index contributed by atoms with van der Waals surface area (Å²) < 4.78 is 0. The van der Waals surface area contributed by atoms with Crippen LogP contribution in [-0.4, -0.2) is 47.9 Å². The average Bonchev–Trinajstić information content (AvgIpc) is 3.37. The smallest absolute Gasteiger partial charge is 0.236 e. The molecule has 1 amide bonds. The fourth-order valence-corrected chi connectivity index (χ4v) is 4.01. The highest BCUT2D eigenvalue weighted by Gasteiger charge is 2.32. The van der Waals surface area contributed by atoms with Gasteiger partial charge in [0.15, 0.2) is 0 Å². The van der Waals surface area contributed by atoms with Crippen molar-refractivity contribution in [3.8, 4) is 0 Å². The van der Waals surface area contributed by atoms with E-state index < -0.39 is 0 Å². The zero-order valence-electron chi connectivity index (χ0n) is 14.4. The van der Waals surface area contributed by atoms with Crippen LogP contribution in [0.1, 0.15) is 31.2 Å². The lowest BCUT2D eigenvalue weighted by Gasteiger charge is -2.27. The van der Waals surface area contributed by atoms with E-state index >= 15 is 0 Å². The molecule has 3 heteroatoms. The molecule has 0 aromatic heterocycles. The third-order valence-corrected chi connectivity index (χ3v) is 5.66. The van der Waals surface area contributed by atoms with E-state index in [1.54, 1.807) is 0 Å². The number of amides is 1. The normalized spacial score (nSPS) is 21.3. The highest BCUT2D eigenvalue weighted by Crippen LogP contribution is 2.28. The van der Waals surface area contributed by atoms with Gasteiger partial charge >= 0.3 is 0 Å². The number of hydrogen-bond donors (Lipinski definition) is 0. The van der Waals surface area contributed by atoms with Gasteiger partial charge in [0.2, 0.25) is 5.91 Å². The molecule has 2 aliphatic rings. The van der Waals surface area contributed by atoms with Gasteiger partial charge in [-0.3, -0.25) is 9.69 Å². The molecule has 1 aliphatic heterocycles. The van der Waals surface area contributed by atoms with Crippen LogP contribution in [0.25, 0.3) is 10.8 Å². The first-order valence-electron chi connectivity index (χ1n) is 9.19. The Balaban J connectivity index is 1.47. The lowest BCUT2D eigenvalue weighted by molar-refractivity contribution is -0.131. The van der Waals surface area contributed by atoms with Crippen LogP contribution in [0.15, 0.2) is 42.5 Å². The predicted molar refractivity (Wildman–Crippen MR) is 98.0 cm³/mol. The van der Waals surface area contributed by atoms with E-state index in [1.165, 1.54) is 42.0 Å². The number of likely N-dealkylation sites (N-methyl/N-ethyl adjacent to an activating group) is 1. The number of benzene rings is 2. The van der Waals surface area contributed by atoms with Gasteiger partial charge in [0.05, 0.1) is 6.54 Å². The number of hydrogen-bond acceptors (Lipinski definition) is 2. The third kappa shape index (κ3) is 3.18. The molecule has 0 N–H and O–H groups in total. The number of nitrogens with zero attached hydrogens (tertiary/aromatic N) is 2. The largest absolute Gasteiger partial charge is 0.342 e. The Morgan fingerprint density at radius 3 is 2.75 bits per heavy atom. The molecule has 1 atom stereocenters. The Bertz CT molecular complexity index is 732. The minimum Gasteiger partial charge on any atom is -0.342 e. The molecular formula is C21H26N2O. The van der Waals surface area contributed by atoms with E-state index in [9.17, 15) is 4.79 Å². The minimum absolute atomic E-state index is 0.294. The molecule has 3 nitrogen and oxygen atoms in total. The van der Waals surface area contributed by atoms with Gasteiger partial charge in [-0.25, -0.2) is 0 Å². The maximum Gasteiger partial charge on any atom is 0.236 e. The summed E-state index contributed by atoms with van der Waals surface area (Å²) in [6.07, 6.45) is 5.81. The van der Waals surface area contributed by atoms with Crippen LogP contribution in [0.5, 0.6) is 0 Å². The maximum atomic E-state index is 12.5. The lowest BCUT2D eigenvalue weighted by atomic mass is 9.97. The molecule has 0 radical (unpaired) electrons. The number of fused-ring (bicyclic) bond motifs is 1. The summed E-state index contributed by atoms with van der Waals surface area (Å²) in [6.45, 7) is 1.64. The van der Waals surface area contributed by atoms with Crippen LogP contribution in [0.2, 0.25) is 0 Å². The molecule has 0 spiro atoms. The van der Waals surface area contributed by atoms with Gasteiger partial charge in [-0.15, -0.1) is 0 Å². The lowest BCUT2D eigenvalue weighted by Crippen LogP contribution is -2.42. The Hall–Kier alpha value is -1.87. The van der Waals surface area contributed by atoms with Crippen LogP contribution < -0.4 is 0 Å². The molecule has 4 rings (SSSR count). The van der Waals surface area contributed by atoms with Gasteiger partial charge in [0.1, 0.15) is 0 Å². The van der Waals surface area contributed by atoms with Gasteiger partial charge in [-0.2, -0.15) is 0 Å². The quantitative estimate of drug-likeness (QED) is 0.841. The highest BCUT2D eigenvalue weighted by molar-refractivity contribution is 5.85. The summed E-state index contributed by atoms with van der Waals surface area (Å²) in [6, 6.07) is 16.2. The number of carbonyl (C=O) groups excluding carboxylic acids is 1. The fraction of sp³-hybridized carbons (Fsp3) is 0.476. The Kier molecular flexibility index (Phi) is 4.28. The van der Waals surface area contributed by atoms with Gasteiger partial charge in [-0.1, -0.05) is 42.5 Å². The van der Waals surface area contributed by atoms with Crippen LogP contribution in [0, 0.1) is 0 Å². The number of carbonyl (C=O) groups is 1. The minimum atomic E-state index is 0.294. The Morgan fingerprint density at radius 1 is 1.12 bits per heavy atom. The molecule has 126 valence electrons. The van der Waals surface area contributed by atoms with Crippen molar-refractivity contribution in [2.75, 3.05) is 20.1 Å². The van der Waals surface area contributed by atoms with E-state index in [-0.39, 0.29) is 0 Å². The van der Waals surface area contributed by atoms with Crippen molar-refractivity contribution in [2.45, 2.75) is 44.2 Å². The summed E-state index contributed by atoms with van der Waals surface area (Å²) in [5.41, 5.74) is 1.41. The van der Waals surface area contributed by atoms with E-state index in [2.05, 4.69) is 47.4 Å². The summed E-state index contributed by atoms with van der Waals surface area (Å²) >= 11 is 0. The standard InChI is InChI=1S/C21H26N2O/c1-22(18-11-12-18)21(24)15-23-13-5-9-19(23)14-17-8-4-7-16-6-2-3-10-20(16)17/h2-4,6-8,10,18-19H,5,9,11-15H2,1H3/t19-/m1/s1. The second-order valence-corrected chi connectivity index (χ2v) is 7.34. The SMILES string of the molecule is CN(C(=O)CN1CCC[C@@H]1Cc1cccc2ccccc12)C1CC1. The predicted octanol–water partition coefficient (Wildman–Crippen LogP) is 3.47. The highest BCUT2D eigenvalue weighted by atomic mass is 16.2. The monoisotopic (exact) mass is 322 g/mol. The molecule has 1 saturated carbocycles. The number of likely N-dealkylation sites (tertiary alicyclic amines) is 1. The summed E-state index contributed by atoms with van der Waals surface area (Å²) in [7, 11) is 1.97. The van der Waals surface area contributed by atoms with Crippen molar-refractivity contribution in [3.63, 3.8) is 0 Å². The average molecular weight is 322 g/mol. The maximum absolute atomic E-state index is 12.5. The molecule has 24 heavy (non-hydrogen) atoms. The van der Waals surface area contributed by atoms with Crippen LogP contribution in [0.4, 0.5) is 0 Å². The molecule has 0 bridgehead atoms. The van der Waals surface area contributed by atoms with Crippen molar-refractivity contribution in [1.82, 2.24) is 9.80 Å². The zero-order chi connectivity index (χ0) is 16.5. The van der Waals surface area contributed by atoms with Gasteiger partial charge < -0.3 is 4.90 Å². The zero-order valence-corrected chi connectivity index (χ0v) is 14.4. The van der Waals surface area contributed by atoms with Crippen LogP contribution in [-0.2, 0) is 11.2 Å². The second kappa shape index (κ2) is 6.56. The molecule has 1 heterocycles. The van der Waals surface area contributed by atoms with Crippen molar-refractivity contribution in [1.29, 1.82) is 0 Å². The first-order valence-corrected chi connectivity index (χ1v) is 9.19. The molecule has 2 aromatic carbocycles. The van der Waals surface area contributed by atoms with Crippen molar-refractivity contribution >= 4 is 16.7 Å². The van der Waals surface area contributed by atoms with Gasteiger partial charge in [0.25, 0.3) is 0 Å². The first kappa shape index (κ1) is 15.6. The third-order valence-electron chi connectivity index (χ3n) is 5.66. The fourth-order valence-electron chi connectivity index (χ4n) is 4.01. The Labute approximate surface area is 144 Å². The molecular weight excluding hydrogens is 296 g/mol. The molecule has 0 unspecified atom stereocenters. The van der Waals surface area contributed by atoms with Crippen molar-refractivity contribution in [3.05, 3.63) is 48.0 Å². The number of rotatable bonds is 5. The Morgan fingerprint density at radius 2 is 1.92 bits per heavy atom. The first-order chi connectivity index (χ1) is 11.7. The second-order valence-electron chi connectivity index (χ2n) is 7.34. The van der Waals surface area contributed by atoms with E-state index in [1.807, 2.05) is 11.9 Å². The molecule has 2 aromatic rings. The summed E-state index contributed by atoms with van der Waals surface area (Å²) in [5.74, 6) is 0.294. The topological polar surface area (TPSA) is 23.6 Å². The molecule has 2 fully saturated rings. The van der Waals surface area contributed by atoms with Crippen LogP contribution >= 0.6 is 0 Å². The van der Waals surface area contributed by atoms with Crippen LogP contribution in [0.3, 0.4) is 0 Å². The molecule has 1 saturated heterocycles. The molecule has 1 aliphatic carbocycles. The van der Waals surface area contributed by atoms with Crippen molar-refractivity contribution < 1.29 is 4.79 Å². The van der Waals surface area contributed by atoms with Gasteiger partial charge in [0, 0.05) is 19.1 Å².